The Balaban J connectivity index is 1.53. The summed E-state index contributed by atoms with van der Waals surface area (Å²) in [6.45, 7) is -0.541. The summed E-state index contributed by atoms with van der Waals surface area (Å²) < 4.78 is 15.3. The van der Waals surface area contributed by atoms with E-state index in [0.29, 0.717) is 22.4 Å². The Morgan fingerprint density at radius 3 is 2.50 bits per heavy atom. The number of methoxy groups -OCH3 is 1. The first-order valence-corrected chi connectivity index (χ1v) is 9.65. The van der Waals surface area contributed by atoms with Crippen molar-refractivity contribution in [1.29, 1.82) is 0 Å². The van der Waals surface area contributed by atoms with Crippen LogP contribution in [0.3, 0.4) is 0 Å². The second kappa shape index (κ2) is 9.13. The maximum absolute atomic E-state index is 12.8. The van der Waals surface area contributed by atoms with E-state index in [-0.39, 0.29) is 16.8 Å². The fourth-order valence-electron chi connectivity index (χ4n) is 3.17. The number of nitrogens with zero attached hydrogens (tertiary/aromatic N) is 1. The van der Waals surface area contributed by atoms with Crippen LogP contribution in [0.2, 0.25) is 0 Å². The summed E-state index contributed by atoms with van der Waals surface area (Å²) in [7, 11) is 1.25. The first-order valence-electron chi connectivity index (χ1n) is 9.65. The number of para-hydroxylation sites is 2. The number of furan rings is 1. The van der Waals surface area contributed by atoms with Crippen LogP contribution in [-0.2, 0) is 14.3 Å². The van der Waals surface area contributed by atoms with Gasteiger partial charge in [0.2, 0.25) is 0 Å². The zero-order chi connectivity index (χ0) is 22.5. The van der Waals surface area contributed by atoms with Gasteiger partial charge in [0.25, 0.3) is 5.91 Å². The average Bonchev–Trinajstić information content (AvgIpc) is 3.37. The fourth-order valence-corrected chi connectivity index (χ4v) is 3.17. The van der Waals surface area contributed by atoms with Crippen LogP contribution in [-0.4, -0.2) is 36.5 Å². The van der Waals surface area contributed by atoms with E-state index in [1.807, 2.05) is 6.07 Å². The zero-order valence-electron chi connectivity index (χ0n) is 17.0. The van der Waals surface area contributed by atoms with Gasteiger partial charge in [-0.15, -0.1) is 0 Å². The molecule has 160 valence electrons. The van der Waals surface area contributed by atoms with Crippen molar-refractivity contribution < 1.29 is 28.3 Å². The molecule has 4 aromatic rings. The van der Waals surface area contributed by atoms with Crippen LogP contribution in [0.4, 0.5) is 5.69 Å². The minimum absolute atomic E-state index is 0.192. The van der Waals surface area contributed by atoms with Gasteiger partial charge in [-0.05, 0) is 36.4 Å². The molecule has 0 unspecified atom stereocenters. The molecule has 0 saturated heterocycles. The van der Waals surface area contributed by atoms with Gasteiger partial charge in [0.15, 0.2) is 12.4 Å². The van der Waals surface area contributed by atoms with Crippen molar-refractivity contribution in [2.75, 3.05) is 19.0 Å². The molecular formula is C24H18N2O6. The lowest BCUT2D eigenvalue weighted by molar-refractivity contribution is -0.119. The quantitative estimate of drug-likeness (QED) is 0.459. The highest BCUT2D eigenvalue weighted by atomic mass is 16.5. The Morgan fingerprint density at radius 1 is 0.938 bits per heavy atom. The second-order valence-electron chi connectivity index (χ2n) is 6.71. The number of hydrogen-bond acceptors (Lipinski definition) is 7. The van der Waals surface area contributed by atoms with Gasteiger partial charge in [0.1, 0.15) is 5.69 Å². The number of nitrogens with one attached hydrogen (secondary N) is 1. The van der Waals surface area contributed by atoms with Crippen LogP contribution in [0.1, 0.15) is 20.7 Å². The van der Waals surface area contributed by atoms with E-state index in [2.05, 4.69) is 10.3 Å². The summed E-state index contributed by atoms with van der Waals surface area (Å²) in [5.74, 6) is -1.37. The number of esters is 2. The number of ether oxygens (including phenoxy) is 2. The van der Waals surface area contributed by atoms with Crippen LogP contribution in [0.5, 0.6) is 0 Å². The predicted molar refractivity (Wildman–Crippen MR) is 116 cm³/mol. The first kappa shape index (κ1) is 20.8. The number of rotatable bonds is 6. The van der Waals surface area contributed by atoms with E-state index in [1.54, 1.807) is 54.6 Å². The zero-order valence-corrected chi connectivity index (χ0v) is 17.0. The molecule has 2 aromatic heterocycles. The summed E-state index contributed by atoms with van der Waals surface area (Å²) in [5.41, 5.74) is 1.76. The van der Waals surface area contributed by atoms with Gasteiger partial charge in [-0.3, -0.25) is 4.79 Å². The molecule has 2 heterocycles. The van der Waals surface area contributed by atoms with Crippen molar-refractivity contribution in [2.45, 2.75) is 0 Å². The molecule has 8 nitrogen and oxygen atoms in total. The molecule has 8 heteroatoms. The molecule has 4 rings (SSSR count). The van der Waals surface area contributed by atoms with Crippen molar-refractivity contribution in [3.8, 4) is 11.5 Å². The standard InChI is InChI=1S/C24H18N2O6/c1-30-23(28)16-8-3-5-10-19(16)26-22(27)14-32-24(29)17-13-20(21-11-6-12-31-21)25-18-9-4-2-7-15(17)18/h2-13H,14H2,1H3,(H,26,27). The highest BCUT2D eigenvalue weighted by Gasteiger charge is 2.18. The van der Waals surface area contributed by atoms with E-state index in [9.17, 15) is 14.4 Å². The predicted octanol–water partition coefficient (Wildman–Crippen LogP) is 4.08. The number of aromatic nitrogens is 1. The topological polar surface area (TPSA) is 108 Å². The fraction of sp³-hybridized carbons (Fsp3) is 0.0833. The van der Waals surface area contributed by atoms with Crippen molar-refractivity contribution in [1.82, 2.24) is 4.98 Å². The van der Waals surface area contributed by atoms with Crippen molar-refractivity contribution >= 4 is 34.4 Å². The summed E-state index contributed by atoms with van der Waals surface area (Å²) in [4.78, 5) is 41.6. The maximum atomic E-state index is 12.8. The SMILES string of the molecule is COC(=O)c1ccccc1NC(=O)COC(=O)c1cc(-c2ccco2)nc2ccccc12. The van der Waals surface area contributed by atoms with Crippen LogP contribution in [0, 0.1) is 0 Å². The van der Waals surface area contributed by atoms with Gasteiger partial charge in [-0.25, -0.2) is 14.6 Å². The largest absolute Gasteiger partial charge is 0.465 e. The molecule has 0 spiro atoms. The Labute approximate surface area is 182 Å². The summed E-state index contributed by atoms with van der Waals surface area (Å²) in [6.07, 6.45) is 1.51. The highest BCUT2D eigenvalue weighted by molar-refractivity contribution is 6.06. The molecule has 0 radical (unpaired) electrons. The molecule has 0 saturated carbocycles. The molecule has 0 atom stereocenters. The summed E-state index contributed by atoms with van der Waals surface area (Å²) in [6, 6.07) is 18.5. The highest BCUT2D eigenvalue weighted by Crippen LogP contribution is 2.25. The Kier molecular flexibility index (Phi) is 5.94. The second-order valence-corrected chi connectivity index (χ2v) is 6.71. The summed E-state index contributed by atoms with van der Waals surface area (Å²) >= 11 is 0. The van der Waals surface area contributed by atoms with Crippen molar-refractivity contribution in [2.24, 2.45) is 0 Å². The molecule has 0 aliphatic heterocycles. The van der Waals surface area contributed by atoms with Crippen molar-refractivity contribution in [3.05, 3.63) is 84.1 Å². The molecule has 32 heavy (non-hydrogen) atoms. The smallest absolute Gasteiger partial charge is 0.339 e. The monoisotopic (exact) mass is 430 g/mol. The van der Waals surface area contributed by atoms with Crippen molar-refractivity contribution in [3.63, 3.8) is 0 Å². The van der Waals surface area contributed by atoms with E-state index in [4.69, 9.17) is 13.9 Å². The van der Waals surface area contributed by atoms with Gasteiger partial charge in [-0.2, -0.15) is 0 Å². The number of pyridine rings is 1. The summed E-state index contributed by atoms with van der Waals surface area (Å²) in [5, 5.41) is 3.15. The van der Waals surface area contributed by atoms with E-state index >= 15 is 0 Å². The van der Waals surface area contributed by atoms with Gasteiger partial charge < -0.3 is 19.2 Å². The first-order chi connectivity index (χ1) is 15.6. The van der Waals surface area contributed by atoms with Crippen LogP contribution in [0.25, 0.3) is 22.4 Å². The van der Waals surface area contributed by atoms with E-state index < -0.39 is 24.5 Å². The third-order valence-corrected chi connectivity index (χ3v) is 4.65. The van der Waals surface area contributed by atoms with Gasteiger partial charge in [0, 0.05) is 5.39 Å². The molecule has 2 aromatic carbocycles. The Bertz CT molecular complexity index is 1300. The molecule has 1 amide bonds. The molecule has 0 fully saturated rings. The number of carbonyl (C=O) groups is 3. The normalized spacial score (nSPS) is 10.5. The van der Waals surface area contributed by atoms with E-state index in [1.165, 1.54) is 19.4 Å². The Morgan fingerprint density at radius 2 is 1.72 bits per heavy atom. The number of hydrogen-bond donors (Lipinski definition) is 1. The van der Waals surface area contributed by atoms with Crippen LogP contribution in [0.15, 0.2) is 77.4 Å². The number of amides is 1. The van der Waals surface area contributed by atoms with Gasteiger partial charge in [-0.1, -0.05) is 30.3 Å². The van der Waals surface area contributed by atoms with Gasteiger partial charge >= 0.3 is 11.9 Å². The Hall–Kier alpha value is -4.46. The molecule has 0 aliphatic carbocycles. The van der Waals surface area contributed by atoms with E-state index in [0.717, 1.165) is 0 Å². The van der Waals surface area contributed by atoms with Gasteiger partial charge in [0.05, 0.1) is 35.7 Å². The number of fused-ring (bicyclic) bond motifs is 1. The lowest BCUT2D eigenvalue weighted by Crippen LogP contribution is -2.22. The number of carbonyl (C=O) groups excluding carboxylic acids is 3. The van der Waals surface area contributed by atoms with Crippen LogP contribution < -0.4 is 5.32 Å². The van der Waals surface area contributed by atoms with Crippen LogP contribution >= 0.6 is 0 Å². The molecule has 0 aliphatic rings. The minimum Gasteiger partial charge on any atom is -0.465 e. The third-order valence-electron chi connectivity index (χ3n) is 4.65. The number of anilines is 1. The lowest BCUT2D eigenvalue weighted by atomic mass is 10.1. The molecular weight excluding hydrogens is 412 g/mol. The third kappa shape index (κ3) is 4.34. The average molecular weight is 430 g/mol. The molecule has 0 bridgehead atoms. The minimum atomic E-state index is -0.687. The number of benzene rings is 2. The molecule has 1 N–H and O–H groups in total. The lowest BCUT2D eigenvalue weighted by Gasteiger charge is -2.11. The maximum Gasteiger partial charge on any atom is 0.339 e.